The number of hydrazine groups is 1. The molecule has 15 heavy (non-hydrogen) atoms. The zero-order valence-corrected chi connectivity index (χ0v) is 9.11. The molecule has 3 aliphatic rings. The van der Waals surface area contributed by atoms with Gasteiger partial charge in [-0.3, -0.25) is 9.80 Å². The van der Waals surface area contributed by atoms with Crippen LogP contribution >= 0.6 is 0 Å². The van der Waals surface area contributed by atoms with E-state index in [2.05, 4.69) is 15.3 Å². The van der Waals surface area contributed by atoms with Gasteiger partial charge in [-0.2, -0.15) is 0 Å². The molecule has 1 atom stereocenters. The summed E-state index contributed by atoms with van der Waals surface area (Å²) < 4.78 is 0. The number of carbonyl (C=O) groups is 1. The average Bonchev–Trinajstić information content (AvgIpc) is 2.95. The molecule has 84 valence electrons. The highest BCUT2D eigenvalue weighted by atomic mass is 16.2. The lowest BCUT2D eigenvalue weighted by Gasteiger charge is -2.42. The van der Waals surface area contributed by atoms with Crippen molar-refractivity contribution in [2.75, 3.05) is 19.6 Å². The van der Waals surface area contributed by atoms with E-state index in [0.717, 1.165) is 38.9 Å². The van der Waals surface area contributed by atoms with Crippen LogP contribution in [0.3, 0.4) is 0 Å². The zero-order chi connectivity index (χ0) is 10.3. The van der Waals surface area contributed by atoms with Gasteiger partial charge in [0.15, 0.2) is 0 Å². The first-order chi connectivity index (χ1) is 7.36. The molecule has 4 heteroatoms. The minimum atomic E-state index is 0.349. The van der Waals surface area contributed by atoms with Crippen molar-refractivity contribution >= 4 is 5.91 Å². The first kappa shape index (κ1) is 9.60. The second-order valence-corrected chi connectivity index (χ2v) is 4.88. The molecule has 0 aromatic rings. The monoisotopic (exact) mass is 209 g/mol. The van der Waals surface area contributed by atoms with Crippen LogP contribution in [0.15, 0.2) is 0 Å². The van der Waals surface area contributed by atoms with Gasteiger partial charge in [0, 0.05) is 25.6 Å². The summed E-state index contributed by atoms with van der Waals surface area (Å²) >= 11 is 0. The highest BCUT2D eigenvalue weighted by molar-refractivity contribution is 5.76. The van der Waals surface area contributed by atoms with E-state index >= 15 is 0 Å². The summed E-state index contributed by atoms with van der Waals surface area (Å²) in [5, 5.41) is 7.78. The number of nitrogens with one attached hydrogen (secondary N) is 1. The Morgan fingerprint density at radius 2 is 2.07 bits per heavy atom. The highest BCUT2D eigenvalue weighted by Crippen LogP contribution is 2.32. The van der Waals surface area contributed by atoms with Crippen LogP contribution in [-0.4, -0.2) is 47.6 Å². The van der Waals surface area contributed by atoms with Crippen LogP contribution in [0.5, 0.6) is 0 Å². The Labute approximate surface area is 90.6 Å². The second kappa shape index (κ2) is 3.76. The SMILES string of the molecule is O=C1CCCN(C2CC2)N1C1CCNC1. The molecule has 2 heterocycles. The lowest BCUT2D eigenvalue weighted by molar-refractivity contribution is -0.163. The van der Waals surface area contributed by atoms with Crippen LogP contribution in [0.2, 0.25) is 0 Å². The predicted molar refractivity (Wildman–Crippen MR) is 57.1 cm³/mol. The molecule has 0 radical (unpaired) electrons. The topological polar surface area (TPSA) is 35.6 Å². The smallest absolute Gasteiger partial charge is 0.237 e. The third-order valence-corrected chi connectivity index (χ3v) is 3.66. The molecule has 4 nitrogen and oxygen atoms in total. The van der Waals surface area contributed by atoms with Crippen molar-refractivity contribution in [3.63, 3.8) is 0 Å². The molecule has 1 aliphatic carbocycles. The van der Waals surface area contributed by atoms with Gasteiger partial charge in [0.2, 0.25) is 5.91 Å². The Morgan fingerprint density at radius 1 is 1.20 bits per heavy atom. The molecule has 0 aromatic heterocycles. The molecule has 2 saturated heterocycles. The van der Waals surface area contributed by atoms with Gasteiger partial charge < -0.3 is 5.32 Å². The van der Waals surface area contributed by atoms with Crippen molar-refractivity contribution in [3.05, 3.63) is 0 Å². The molecular formula is C11H19N3O. The fraction of sp³-hybridized carbons (Fsp3) is 0.909. The fourth-order valence-electron chi connectivity index (χ4n) is 2.75. The maximum Gasteiger partial charge on any atom is 0.237 e. The summed E-state index contributed by atoms with van der Waals surface area (Å²) in [7, 11) is 0. The molecule has 3 fully saturated rings. The van der Waals surface area contributed by atoms with E-state index in [1.54, 1.807) is 0 Å². The van der Waals surface area contributed by atoms with Gasteiger partial charge in [0.25, 0.3) is 0 Å². The van der Waals surface area contributed by atoms with Crippen LogP contribution in [0.25, 0.3) is 0 Å². The minimum absolute atomic E-state index is 0.349. The second-order valence-electron chi connectivity index (χ2n) is 4.88. The largest absolute Gasteiger partial charge is 0.315 e. The number of hydrogen-bond donors (Lipinski definition) is 1. The van der Waals surface area contributed by atoms with Crippen molar-refractivity contribution < 1.29 is 4.79 Å². The number of carbonyl (C=O) groups excluding carboxylic acids is 1. The summed E-state index contributed by atoms with van der Waals surface area (Å²) in [5.74, 6) is 0.349. The number of hydrogen-bond acceptors (Lipinski definition) is 3. The number of nitrogens with zero attached hydrogens (tertiary/aromatic N) is 2. The standard InChI is InChI=1S/C11H19N3O/c15-11-2-1-7-13(9-3-4-9)14(11)10-5-6-12-8-10/h9-10,12H,1-8H2. The first-order valence-corrected chi connectivity index (χ1v) is 6.15. The maximum atomic E-state index is 12.0. The summed E-state index contributed by atoms with van der Waals surface area (Å²) in [6, 6.07) is 1.10. The van der Waals surface area contributed by atoms with Crippen LogP contribution < -0.4 is 5.32 Å². The van der Waals surface area contributed by atoms with E-state index in [0.29, 0.717) is 18.0 Å². The van der Waals surface area contributed by atoms with Crippen LogP contribution in [0.4, 0.5) is 0 Å². The van der Waals surface area contributed by atoms with E-state index in [1.807, 2.05) is 0 Å². The number of amides is 1. The van der Waals surface area contributed by atoms with Gasteiger partial charge in [0.1, 0.15) is 0 Å². The molecule has 1 unspecified atom stereocenters. The number of rotatable bonds is 2. The molecule has 1 amide bonds. The Hall–Kier alpha value is -0.610. The zero-order valence-electron chi connectivity index (χ0n) is 9.11. The Morgan fingerprint density at radius 3 is 2.73 bits per heavy atom. The fourth-order valence-corrected chi connectivity index (χ4v) is 2.75. The Kier molecular flexibility index (Phi) is 2.41. The van der Waals surface area contributed by atoms with Crippen molar-refractivity contribution in [3.8, 4) is 0 Å². The molecule has 3 rings (SSSR count). The van der Waals surface area contributed by atoms with E-state index < -0.39 is 0 Å². The predicted octanol–water partition coefficient (Wildman–Crippen LogP) is 0.350. The van der Waals surface area contributed by atoms with Gasteiger partial charge in [-0.05, 0) is 32.2 Å². The summed E-state index contributed by atoms with van der Waals surface area (Å²) in [6.45, 7) is 3.13. The Balaban J connectivity index is 1.76. The van der Waals surface area contributed by atoms with Crippen molar-refractivity contribution in [2.45, 2.75) is 44.2 Å². The van der Waals surface area contributed by atoms with Gasteiger partial charge in [-0.1, -0.05) is 0 Å². The van der Waals surface area contributed by atoms with E-state index in [-0.39, 0.29) is 0 Å². The lowest BCUT2D eigenvalue weighted by atomic mass is 10.1. The Bertz CT molecular complexity index is 259. The van der Waals surface area contributed by atoms with Gasteiger partial charge in [-0.25, -0.2) is 5.01 Å². The van der Waals surface area contributed by atoms with Gasteiger partial charge in [0.05, 0.1) is 6.04 Å². The summed E-state index contributed by atoms with van der Waals surface area (Å²) in [6.07, 6.45) is 5.48. The van der Waals surface area contributed by atoms with Gasteiger partial charge >= 0.3 is 0 Å². The van der Waals surface area contributed by atoms with Crippen LogP contribution in [0.1, 0.15) is 32.1 Å². The summed E-state index contributed by atoms with van der Waals surface area (Å²) in [5.41, 5.74) is 0. The molecule has 1 saturated carbocycles. The third kappa shape index (κ3) is 1.76. The van der Waals surface area contributed by atoms with Crippen molar-refractivity contribution in [1.29, 1.82) is 0 Å². The minimum Gasteiger partial charge on any atom is -0.315 e. The summed E-state index contributed by atoms with van der Waals surface area (Å²) in [4.78, 5) is 12.0. The quantitative estimate of drug-likeness (QED) is 0.713. The highest BCUT2D eigenvalue weighted by Gasteiger charge is 2.40. The normalized spacial score (nSPS) is 33.7. The molecule has 0 bridgehead atoms. The third-order valence-electron chi connectivity index (χ3n) is 3.66. The van der Waals surface area contributed by atoms with Crippen molar-refractivity contribution in [2.24, 2.45) is 0 Å². The molecule has 2 aliphatic heterocycles. The molecule has 0 aromatic carbocycles. The van der Waals surface area contributed by atoms with Crippen LogP contribution in [0, 0.1) is 0 Å². The molecule has 0 spiro atoms. The maximum absolute atomic E-state index is 12.0. The van der Waals surface area contributed by atoms with E-state index in [1.165, 1.54) is 12.8 Å². The lowest BCUT2D eigenvalue weighted by Crippen LogP contribution is -2.56. The van der Waals surface area contributed by atoms with E-state index in [9.17, 15) is 4.79 Å². The van der Waals surface area contributed by atoms with Crippen LogP contribution in [-0.2, 0) is 4.79 Å². The van der Waals surface area contributed by atoms with E-state index in [4.69, 9.17) is 0 Å². The average molecular weight is 209 g/mol. The van der Waals surface area contributed by atoms with Crippen molar-refractivity contribution in [1.82, 2.24) is 15.3 Å². The molecular weight excluding hydrogens is 190 g/mol. The molecule has 1 N–H and O–H groups in total. The first-order valence-electron chi connectivity index (χ1n) is 6.15. The van der Waals surface area contributed by atoms with Gasteiger partial charge in [-0.15, -0.1) is 0 Å².